The van der Waals surface area contributed by atoms with Gasteiger partial charge in [0, 0.05) is 23.9 Å². The number of likely N-dealkylation sites (tertiary alicyclic amines) is 1. The first kappa shape index (κ1) is 26.3. The maximum atomic E-state index is 13.1. The lowest BCUT2D eigenvalue weighted by Crippen LogP contribution is -2.40. The molecule has 6 heteroatoms. The summed E-state index contributed by atoms with van der Waals surface area (Å²) in [5.41, 5.74) is 0.0865. The second-order valence-electron chi connectivity index (χ2n) is 11.7. The summed E-state index contributed by atoms with van der Waals surface area (Å²) < 4.78 is 13.1. The lowest BCUT2D eigenvalue weighted by Gasteiger charge is -2.35. The van der Waals surface area contributed by atoms with Gasteiger partial charge in [-0.3, -0.25) is 9.59 Å². The van der Waals surface area contributed by atoms with Crippen LogP contribution in [0.4, 0.5) is 4.39 Å². The van der Waals surface area contributed by atoms with Crippen LogP contribution in [0.3, 0.4) is 0 Å². The first-order chi connectivity index (χ1) is 16.8. The van der Waals surface area contributed by atoms with E-state index in [4.69, 9.17) is 0 Å². The highest BCUT2D eigenvalue weighted by molar-refractivity contribution is 5.97. The maximum absolute atomic E-state index is 13.1. The van der Waals surface area contributed by atoms with Crippen molar-refractivity contribution in [2.24, 2.45) is 17.8 Å². The van der Waals surface area contributed by atoms with Crippen LogP contribution in [0, 0.1) is 23.6 Å². The number of Topliss-reactive ketones (excluding diaryl/α,β-unsaturated/α-hetero) is 1. The summed E-state index contributed by atoms with van der Waals surface area (Å²) in [7, 11) is 0. The number of nitrogens with one attached hydrogen (secondary N) is 1. The Morgan fingerprint density at radius 3 is 2.23 bits per heavy atom. The molecule has 1 amide bonds. The van der Waals surface area contributed by atoms with Crippen LogP contribution in [-0.4, -0.2) is 53.0 Å². The summed E-state index contributed by atoms with van der Waals surface area (Å²) in [6, 6.07) is 6.25. The molecule has 0 radical (unpaired) electrons. The normalized spacial score (nSPS) is 30.7. The Balaban J connectivity index is 1.08. The fourth-order valence-electron chi connectivity index (χ4n) is 6.28. The molecule has 2 N–H and O–H groups in total. The second kappa shape index (κ2) is 12.0. The third kappa shape index (κ3) is 7.85. The number of hydrogen-bond acceptors (Lipinski definition) is 4. The molecule has 1 aromatic carbocycles. The molecule has 3 fully saturated rings. The van der Waals surface area contributed by atoms with Crippen LogP contribution < -0.4 is 5.32 Å². The van der Waals surface area contributed by atoms with E-state index in [1.807, 2.05) is 6.92 Å². The average molecular weight is 487 g/mol. The molecule has 194 valence electrons. The zero-order valence-corrected chi connectivity index (χ0v) is 21.3. The van der Waals surface area contributed by atoms with E-state index in [0.29, 0.717) is 23.9 Å². The van der Waals surface area contributed by atoms with E-state index in [1.165, 1.54) is 31.4 Å². The van der Waals surface area contributed by atoms with Crippen molar-refractivity contribution >= 4 is 11.7 Å². The van der Waals surface area contributed by atoms with Crippen molar-refractivity contribution in [3.63, 3.8) is 0 Å². The van der Waals surface area contributed by atoms with Crippen LogP contribution in [0.5, 0.6) is 0 Å². The van der Waals surface area contributed by atoms with E-state index in [2.05, 4.69) is 10.2 Å². The summed E-state index contributed by atoms with van der Waals surface area (Å²) in [5.74, 6) is 1.24. The van der Waals surface area contributed by atoms with Crippen LogP contribution in [0.15, 0.2) is 24.3 Å². The number of aliphatic hydroxyl groups is 1. The minimum Gasteiger partial charge on any atom is -0.390 e. The molecule has 0 atom stereocenters. The monoisotopic (exact) mass is 486 g/mol. The Morgan fingerprint density at radius 2 is 1.60 bits per heavy atom. The number of nitrogens with zero attached hydrogens (tertiary/aromatic N) is 1. The highest BCUT2D eigenvalue weighted by atomic mass is 19.1. The SMILES string of the molecule is CC1(O)CCC(CC(=O)N[C@H]2CC[C@H](CCN3CCC(C(=O)c4ccc(F)cc4)CC3)CC2)CC1. The number of benzene rings is 1. The van der Waals surface area contributed by atoms with Crippen molar-refractivity contribution in [2.75, 3.05) is 19.6 Å². The van der Waals surface area contributed by atoms with Gasteiger partial charge >= 0.3 is 0 Å². The van der Waals surface area contributed by atoms with Gasteiger partial charge in [0.2, 0.25) is 5.91 Å². The third-order valence-corrected chi connectivity index (χ3v) is 8.81. The topological polar surface area (TPSA) is 69.6 Å². The minimum absolute atomic E-state index is 0.0533. The van der Waals surface area contributed by atoms with Gasteiger partial charge < -0.3 is 15.3 Å². The standard InChI is InChI=1S/C29H43FN2O3/c1-29(35)15-10-22(11-16-29)20-27(33)31-26-8-2-21(3-9-26)12-17-32-18-13-24(14-19-32)28(34)23-4-6-25(30)7-5-23/h4-7,21-22,24,26,35H,2-3,8-20H2,1H3,(H,31,33)/t21-,22?,26-,29?. The first-order valence-electron chi connectivity index (χ1n) is 13.8. The van der Waals surface area contributed by atoms with E-state index < -0.39 is 5.60 Å². The third-order valence-electron chi connectivity index (χ3n) is 8.81. The summed E-state index contributed by atoms with van der Waals surface area (Å²) in [6.45, 7) is 4.91. The van der Waals surface area contributed by atoms with Gasteiger partial charge in [0.25, 0.3) is 0 Å². The molecule has 1 aromatic rings. The van der Waals surface area contributed by atoms with Gasteiger partial charge in [0.15, 0.2) is 5.78 Å². The van der Waals surface area contributed by atoms with E-state index in [9.17, 15) is 19.1 Å². The lowest BCUT2D eigenvalue weighted by atomic mass is 9.78. The molecule has 1 aliphatic heterocycles. The number of rotatable bonds is 8. The largest absolute Gasteiger partial charge is 0.390 e. The molecular weight excluding hydrogens is 443 g/mol. The van der Waals surface area contributed by atoms with Crippen LogP contribution in [0.25, 0.3) is 0 Å². The number of carbonyl (C=O) groups is 2. The second-order valence-corrected chi connectivity index (χ2v) is 11.7. The number of carbonyl (C=O) groups excluding carboxylic acids is 2. The molecule has 4 rings (SSSR count). The van der Waals surface area contributed by atoms with E-state index in [-0.39, 0.29) is 23.4 Å². The Labute approximate surface area is 209 Å². The van der Waals surface area contributed by atoms with Gasteiger partial charge in [-0.15, -0.1) is 0 Å². The lowest BCUT2D eigenvalue weighted by molar-refractivity contribution is -0.123. The molecule has 3 aliphatic rings. The van der Waals surface area contributed by atoms with Gasteiger partial charge in [0.1, 0.15) is 5.82 Å². The molecule has 1 saturated heterocycles. The number of piperidine rings is 1. The summed E-state index contributed by atoms with van der Waals surface area (Å²) in [6.07, 6.45) is 11.6. The van der Waals surface area contributed by atoms with Gasteiger partial charge in [-0.2, -0.15) is 0 Å². The summed E-state index contributed by atoms with van der Waals surface area (Å²) in [4.78, 5) is 27.7. The Morgan fingerprint density at radius 1 is 0.971 bits per heavy atom. The van der Waals surface area contributed by atoms with Crippen LogP contribution in [-0.2, 0) is 4.79 Å². The molecule has 35 heavy (non-hydrogen) atoms. The van der Waals surface area contributed by atoms with E-state index in [1.54, 1.807) is 12.1 Å². The zero-order chi connectivity index (χ0) is 24.8. The number of amides is 1. The van der Waals surface area contributed by atoms with Gasteiger partial charge in [-0.05, 0) is 133 Å². The maximum Gasteiger partial charge on any atom is 0.220 e. The van der Waals surface area contributed by atoms with E-state index in [0.717, 1.165) is 76.9 Å². The fraction of sp³-hybridized carbons (Fsp3) is 0.724. The molecule has 0 aromatic heterocycles. The van der Waals surface area contributed by atoms with Crippen LogP contribution in [0.1, 0.15) is 94.3 Å². The van der Waals surface area contributed by atoms with Gasteiger partial charge in [-0.25, -0.2) is 4.39 Å². The van der Waals surface area contributed by atoms with Crippen molar-refractivity contribution in [1.82, 2.24) is 10.2 Å². The number of ketones is 1. The molecule has 0 bridgehead atoms. The van der Waals surface area contributed by atoms with Crippen LogP contribution >= 0.6 is 0 Å². The fourth-order valence-corrected chi connectivity index (χ4v) is 6.28. The Hall–Kier alpha value is -1.79. The smallest absolute Gasteiger partial charge is 0.220 e. The Kier molecular flexibility index (Phi) is 8.98. The molecule has 2 aliphatic carbocycles. The van der Waals surface area contributed by atoms with E-state index >= 15 is 0 Å². The molecule has 2 saturated carbocycles. The zero-order valence-electron chi connectivity index (χ0n) is 21.3. The highest BCUT2D eigenvalue weighted by Gasteiger charge is 2.31. The van der Waals surface area contributed by atoms with Gasteiger partial charge in [0.05, 0.1) is 5.60 Å². The molecule has 1 heterocycles. The van der Waals surface area contributed by atoms with Crippen molar-refractivity contribution in [3.8, 4) is 0 Å². The Bertz CT molecular complexity index is 830. The number of halogens is 1. The summed E-state index contributed by atoms with van der Waals surface area (Å²) in [5, 5.41) is 13.4. The highest BCUT2D eigenvalue weighted by Crippen LogP contribution is 2.34. The first-order valence-corrected chi connectivity index (χ1v) is 13.8. The minimum atomic E-state index is -0.539. The van der Waals surface area contributed by atoms with Crippen molar-refractivity contribution in [3.05, 3.63) is 35.6 Å². The quantitative estimate of drug-likeness (QED) is 0.501. The molecule has 5 nitrogen and oxygen atoms in total. The summed E-state index contributed by atoms with van der Waals surface area (Å²) >= 11 is 0. The average Bonchev–Trinajstić information content (AvgIpc) is 2.85. The van der Waals surface area contributed by atoms with Crippen molar-refractivity contribution in [1.29, 1.82) is 0 Å². The van der Waals surface area contributed by atoms with Gasteiger partial charge in [-0.1, -0.05) is 0 Å². The molecular formula is C29H43FN2O3. The van der Waals surface area contributed by atoms with Crippen molar-refractivity contribution < 1.29 is 19.1 Å². The van der Waals surface area contributed by atoms with Crippen LogP contribution in [0.2, 0.25) is 0 Å². The molecule has 0 spiro atoms. The number of hydrogen-bond donors (Lipinski definition) is 2. The van der Waals surface area contributed by atoms with Crippen molar-refractivity contribution in [2.45, 2.75) is 95.6 Å². The predicted molar refractivity (Wildman–Crippen MR) is 136 cm³/mol. The predicted octanol–water partition coefficient (Wildman–Crippen LogP) is 5.12. The molecule has 0 unspecified atom stereocenters.